The lowest BCUT2D eigenvalue weighted by molar-refractivity contribution is -0.384. The highest BCUT2D eigenvalue weighted by Gasteiger charge is 2.17. The van der Waals surface area contributed by atoms with E-state index in [0.717, 1.165) is 13.0 Å². The molecular weight excluding hydrogens is 240 g/mol. The van der Waals surface area contributed by atoms with Gasteiger partial charge in [-0.3, -0.25) is 19.7 Å². The van der Waals surface area contributed by atoms with Crippen LogP contribution in [0.15, 0.2) is 23.0 Å². The maximum absolute atomic E-state index is 11.5. The molecule has 0 radical (unpaired) electrons. The molecule has 2 N–H and O–H groups in total. The van der Waals surface area contributed by atoms with E-state index < -0.39 is 27.6 Å². The van der Waals surface area contributed by atoms with Crippen LogP contribution in [0.1, 0.15) is 17.3 Å². The highest BCUT2D eigenvalue weighted by Crippen LogP contribution is 2.28. The van der Waals surface area contributed by atoms with Crippen molar-refractivity contribution in [1.29, 1.82) is 0 Å². The first kappa shape index (κ1) is 11.8. The second-order valence-corrected chi connectivity index (χ2v) is 3.72. The molecule has 0 aliphatic rings. The summed E-state index contributed by atoms with van der Waals surface area (Å²) in [5.41, 5.74) is -1.13. The Labute approximate surface area is 99.8 Å². The standard InChI is InChI=1S/C11H8N2O5/c1-5(14)9-10(15)7-4-6(13(17)18)2-3-8(7)12-11(9)16/h2-4H,1H3,(H2,12,15,16). The number of aromatic hydroxyl groups is 1. The second kappa shape index (κ2) is 3.95. The van der Waals surface area contributed by atoms with Gasteiger partial charge in [0.1, 0.15) is 11.3 Å². The number of nitrogens with zero attached hydrogens (tertiary/aromatic N) is 1. The van der Waals surface area contributed by atoms with Crippen molar-refractivity contribution in [1.82, 2.24) is 4.98 Å². The van der Waals surface area contributed by atoms with E-state index in [1.807, 2.05) is 0 Å². The van der Waals surface area contributed by atoms with Crippen LogP contribution >= 0.6 is 0 Å². The van der Waals surface area contributed by atoms with E-state index >= 15 is 0 Å². The number of carbonyl (C=O) groups excluding carboxylic acids is 1. The minimum atomic E-state index is -0.721. The molecule has 18 heavy (non-hydrogen) atoms. The Morgan fingerprint density at radius 1 is 1.44 bits per heavy atom. The van der Waals surface area contributed by atoms with Gasteiger partial charge in [-0.1, -0.05) is 0 Å². The van der Waals surface area contributed by atoms with Crippen molar-refractivity contribution >= 4 is 22.4 Å². The summed E-state index contributed by atoms with van der Waals surface area (Å²) in [6, 6.07) is 3.61. The molecule has 0 aliphatic carbocycles. The van der Waals surface area contributed by atoms with Crippen LogP contribution in [-0.4, -0.2) is 20.8 Å². The van der Waals surface area contributed by atoms with Crippen LogP contribution in [0.25, 0.3) is 10.9 Å². The summed E-state index contributed by atoms with van der Waals surface area (Å²) >= 11 is 0. The number of rotatable bonds is 2. The Balaban J connectivity index is 2.90. The summed E-state index contributed by atoms with van der Waals surface area (Å²) in [7, 11) is 0. The normalized spacial score (nSPS) is 10.5. The third-order valence-electron chi connectivity index (χ3n) is 2.53. The molecule has 1 heterocycles. The van der Waals surface area contributed by atoms with Gasteiger partial charge >= 0.3 is 0 Å². The summed E-state index contributed by atoms with van der Waals surface area (Å²) in [6.45, 7) is 1.13. The molecule has 92 valence electrons. The SMILES string of the molecule is CC(=O)c1c(O)c2cc([N+](=O)[O-])ccc2[nH]c1=O. The van der Waals surface area contributed by atoms with E-state index in [0.29, 0.717) is 0 Å². The zero-order chi connectivity index (χ0) is 13.4. The number of nitro groups is 1. The van der Waals surface area contributed by atoms with E-state index in [1.165, 1.54) is 12.1 Å². The summed E-state index contributed by atoms with van der Waals surface area (Å²) in [4.78, 5) is 35.2. The average Bonchev–Trinajstić information content (AvgIpc) is 2.27. The number of nitrogens with one attached hydrogen (secondary N) is 1. The lowest BCUT2D eigenvalue weighted by Crippen LogP contribution is -2.16. The zero-order valence-electron chi connectivity index (χ0n) is 9.26. The second-order valence-electron chi connectivity index (χ2n) is 3.72. The molecule has 0 aliphatic heterocycles. The van der Waals surface area contributed by atoms with Gasteiger partial charge in [0.15, 0.2) is 5.78 Å². The number of H-pyrrole nitrogens is 1. The first-order valence-electron chi connectivity index (χ1n) is 4.96. The first-order chi connectivity index (χ1) is 8.41. The number of hydrogen-bond acceptors (Lipinski definition) is 5. The van der Waals surface area contributed by atoms with Crippen molar-refractivity contribution < 1.29 is 14.8 Å². The van der Waals surface area contributed by atoms with E-state index in [-0.39, 0.29) is 16.6 Å². The molecule has 0 amide bonds. The van der Waals surface area contributed by atoms with Gasteiger partial charge in [-0.15, -0.1) is 0 Å². The molecule has 0 fully saturated rings. The van der Waals surface area contributed by atoms with Crippen LogP contribution < -0.4 is 5.56 Å². The molecule has 1 aromatic heterocycles. The predicted octanol–water partition coefficient (Wildman–Crippen LogP) is 1.34. The number of non-ortho nitro benzene ring substituents is 1. The molecule has 0 saturated heterocycles. The Kier molecular flexibility index (Phi) is 2.59. The van der Waals surface area contributed by atoms with Gasteiger partial charge in [-0.05, 0) is 13.0 Å². The third kappa shape index (κ3) is 1.71. The number of hydrogen-bond donors (Lipinski definition) is 2. The van der Waals surface area contributed by atoms with E-state index in [1.54, 1.807) is 0 Å². The molecule has 0 unspecified atom stereocenters. The van der Waals surface area contributed by atoms with Gasteiger partial charge in [0.25, 0.3) is 11.2 Å². The number of ketones is 1. The third-order valence-corrected chi connectivity index (χ3v) is 2.53. The lowest BCUT2D eigenvalue weighted by atomic mass is 10.1. The fourth-order valence-electron chi connectivity index (χ4n) is 1.70. The Morgan fingerprint density at radius 3 is 2.67 bits per heavy atom. The number of benzene rings is 1. The quantitative estimate of drug-likeness (QED) is 0.473. The maximum atomic E-state index is 11.5. The van der Waals surface area contributed by atoms with Crippen LogP contribution in [0.2, 0.25) is 0 Å². The molecule has 7 heteroatoms. The van der Waals surface area contributed by atoms with E-state index in [9.17, 15) is 24.8 Å². The molecule has 7 nitrogen and oxygen atoms in total. The van der Waals surface area contributed by atoms with Crippen LogP contribution in [0.4, 0.5) is 5.69 Å². The summed E-state index contributed by atoms with van der Waals surface area (Å²) in [5.74, 6) is -1.15. The molecule has 0 spiro atoms. The summed E-state index contributed by atoms with van der Waals surface area (Å²) in [5, 5.41) is 20.5. The molecule has 0 atom stereocenters. The smallest absolute Gasteiger partial charge is 0.270 e. The Hall–Kier alpha value is -2.70. The maximum Gasteiger partial charge on any atom is 0.270 e. The number of pyridine rings is 1. The fourth-order valence-corrected chi connectivity index (χ4v) is 1.70. The van der Waals surface area contributed by atoms with Crippen molar-refractivity contribution in [2.24, 2.45) is 0 Å². The predicted molar refractivity (Wildman–Crippen MR) is 62.9 cm³/mol. The van der Waals surface area contributed by atoms with Gasteiger partial charge in [0.05, 0.1) is 10.4 Å². The average molecular weight is 248 g/mol. The van der Waals surface area contributed by atoms with E-state index in [2.05, 4.69) is 4.98 Å². The number of nitro benzene ring substituents is 1. The first-order valence-corrected chi connectivity index (χ1v) is 4.96. The molecule has 1 aromatic carbocycles. The van der Waals surface area contributed by atoms with Crippen LogP contribution in [0.5, 0.6) is 5.75 Å². The van der Waals surface area contributed by atoms with Crippen molar-refractivity contribution in [2.45, 2.75) is 6.92 Å². The molecule has 0 saturated carbocycles. The largest absolute Gasteiger partial charge is 0.506 e. The fraction of sp³-hybridized carbons (Fsp3) is 0.0909. The Bertz CT molecular complexity index is 732. The number of Topliss-reactive ketones (excluding diaryl/α,β-unsaturated/α-hetero) is 1. The monoisotopic (exact) mass is 248 g/mol. The minimum Gasteiger partial charge on any atom is -0.506 e. The summed E-state index contributed by atoms with van der Waals surface area (Å²) in [6.07, 6.45) is 0. The van der Waals surface area contributed by atoms with Crippen molar-refractivity contribution in [3.05, 3.63) is 44.2 Å². The van der Waals surface area contributed by atoms with Gasteiger partial charge in [0, 0.05) is 17.5 Å². The van der Waals surface area contributed by atoms with Gasteiger partial charge in [0.2, 0.25) is 0 Å². The van der Waals surface area contributed by atoms with Gasteiger partial charge in [-0.25, -0.2) is 0 Å². The highest BCUT2D eigenvalue weighted by atomic mass is 16.6. The lowest BCUT2D eigenvalue weighted by Gasteiger charge is -2.04. The molecule has 2 aromatic rings. The number of aromatic nitrogens is 1. The van der Waals surface area contributed by atoms with E-state index in [4.69, 9.17) is 0 Å². The molecule has 0 bridgehead atoms. The molecule has 2 rings (SSSR count). The number of fused-ring (bicyclic) bond motifs is 1. The van der Waals surface area contributed by atoms with Crippen LogP contribution in [0.3, 0.4) is 0 Å². The number of aromatic amines is 1. The number of carbonyl (C=O) groups is 1. The van der Waals surface area contributed by atoms with Gasteiger partial charge in [-0.2, -0.15) is 0 Å². The summed E-state index contributed by atoms with van der Waals surface area (Å²) < 4.78 is 0. The highest BCUT2D eigenvalue weighted by molar-refractivity contribution is 6.02. The van der Waals surface area contributed by atoms with Crippen LogP contribution in [0, 0.1) is 10.1 Å². The van der Waals surface area contributed by atoms with Crippen LogP contribution in [-0.2, 0) is 0 Å². The topological polar surface area (TPSA) is 113 Å². The van der Waals surface area contributed by atoms with Crippen molar-refractivity contribution in [2.75, 3.05) is 0 Å². The van der Waals surface area contributed by atoms with Crippen molar-refractivity contribution in [3.8, 4) is 5.75 Å². The minimum absolute atomic E-state index is 0.0639. The van der Waals surface area contributed by atoms with Gasteiger partial charge < -0.3 is 10.1 Å². The molecular formula is C11H8N2O5. The Morgan fingerprint density at radius 2 is 2.11 bits per heavy atom. The zero-order valence-corrected chi connectivity index (χ0v) is 9.26. The van der Waals surface area contributed by atoms with Crippen molar-refractivity contribution in [3.63, 3.8) is 0 Å².